The van der Waals surface area contributed by atoms with Crippen LogP contribution in [0.1, 0.15) is 22.8 Å². The third kappa shape index (κ3) is 2.80. The lowest BCUT2D eigenvalue weighted by molar-refractivity contribution is -0.155. The van der Waals surface area contributed by atoms with Crippen molar-refractivity contribution >= 4 is 5.97 Å². The van der Waals surface area contributed by atoms with E-state index in [4.69, 9.17) is 9.47 Å². The zero-order valence-electron chi connectivity index (χ0n) is 14.9. The van der Waals surface area contributed by atoms with Crippen LogP contribution in [0.25, 0.3) is 22.3 Å². The molecule has 3 aromatic rings. The van der Waals surface area contributed by atoms with Gasteiger partial charge in [-0.2, -0.15) is 0 Å². The molecule has 0 saturated heterocycles. The number of fused-ring (bicyclic) bond motifs is 3. The molecule has 0 aliphatic carbocycles. The highest BCUT2D eigenvalue weighted by molar-refractivity contribution is 5.85. The van der Waals surface area contributed by atoms with E-state index in [0.29, 0.717) is 6.61 Å². The van der Waals surface area contributed by atoms with Crippen LogP contribution >= 0.6 is 0 Å². The van der Waals surface area contributed by atoms with Gasteiger partial charge < -0.3 is 9.47 Å². The van der Waals surface area contributed by atoms with Gasteiger partial charge in [-0.1, -0.05) is 72.3 Å². The first-order chi connectivity index (χ1) is 12.7. The topological polar surface area (TPSA) is 35.5 Å². The van der Waals surface area contributed by atoms with Crippen molar-refractivity contribution < 1.29 is 14.3 Å². The lowest BCUT2D eigenvalue weighted by Gasteiger charge is -2.15. The Morgan fingerprint density at radius 3 is 2.38 bits per heavy atom. The average molecular weight is 344 g/mol. The number of rotatable bonds is 2. The van der Waals surface area contributed by atoms with E-state index >= 15 is 0 Å². The Morgan fingerprint density at radius 1 is 0.923 bits per heavy atom. The number of carbonyl (C=O) groups is 1. The molecule has 1 aliphatic rings. The van der Waals surface area contributed by atoms with E-state index in [0.717, 1.165) is 33.4 Å². The fraction of sp³-hybridized carbons (Fsp3) is 0.174. The summed E-state index contributed by atoms with van der Waals surface area (Å²) in [6.07, 6.45) is -0.713. The normalized spacial score (nSPS) is 15.5. The van der Waals surface area contributed by atoms with Crippen molar-refractivity contribution in [3.8, 4) is 22.3 Å². The molecule has 0 radical (unpaired) electrons. The van der Waals surface area contributed by atoms with Gasteiger partial charge in [-0.05, 0) is 40.3 Å². The molecule has 0 bridgehead atoms. The predicted octanol–water partition coefficient (Wildman–Crippen LogP) is 5.07. The summed E-state index contributed by atoms with van der Waals surface area (Å²) in [5.74, 6) is -0.373. The van der Waals surface area contributed by atoms with Crippen molar-refractivity contribution in [3.63, 3.8) is 0 Å². The summed E-state index contributed by atoms with van der Waals surface area (Å²) in [5, 5.41) is 0. The lowest BCUT2D eigenvalue weighted by Crippen LogP contribution is -2.17. The van der Waals surface area contributed by atoms with Crippen LogP contribution in [0.5, 0.6) is 0 Å². The largest absolute Gasteiger partial charge is 0.467 e. The van der Waals surface area contributed by atoms with Gasteiger partial charge in [0.1, 0.15) is 0 Å². The molecule has 0 fully saturated rings. The number of aryl methyl sites for hydroxylation is 1. The molecule has 0 amide bonds. The molecule has 4 rings (SSSR count). The second-order valence-electron chi connectivity index (χ2n) is 6.50. The molecule has 0 spiro atoms. The van der Waals surface area contributed by atoms with Gasteiger partial charge in [-0.15, -0.1) is 0 Å². The monoisotopic (exact) mass is 344 g/mol. The summed E-state index contributed by atoms with van der Waals surface area (Å²) >= 11 is 0. The van der Waals surface area contributed by atoms with Gasteiger partial charge in [-0.3, -0.25) is 0 Å². The fourth-order valence-electron chi connectivity index (χ4n) is 3.53. The van der Waals surface area contributed by atoms with Crippen LogP contribution in [-0.4, -0.2) is 13.1 Å². The first-order valence-electron chi connectivity index (χ1n) is 8.66. The van der Waals surface area contributed by atoms with Gasteiger partial charge in [0, 0.05) is 0 Å². The summed E-state index contributed by atoms with van der Waals surface area (Å²) in [5.41, 5.74) is 7.56. The zero-order valence-corrected chi connectivity index (χ0v) is 14.9. The number of hydrogen-bond donors (Lipinski definition) is 0. The third-order valence-corrected chi connectivity index (χ3v) is 4.88. The second-order valence-corrected chi connectivity index (χ2v) is 6.50. The molecular weight excluding hydrogens is 324 g/mol. The van der Waals surface area contributed by atoms with Crippen molar-refractivity contribution in [2.24, 2.45) is 0 Å². The predicted molar refractivity (Wildman–Crippen MR) is 102 cm³/mol. The Kier molecular flexibility index (Phi) is 4.31. The molecule has 1 atom stereocenters. The van der Waals surface area contributed by atoms with Gasteiger partial charge in [-0.25, -0.2) is 4.79 Å². The smallest absolute Gasteiger partial charge is 0.339 e. The van der Waals surface area contributed by atoms with Gasteiger partial charge >= 0.3 is 5.97 Å². The Morgan fingerprint density at radius 2 is 1.62 bits per heavy atom. The summed E-state index contributed by atoms with van der Waals surface area (Å²) < 4.78 is 11.0. The summed E-state index contributed by atoms with van der Waals surface area (Å²) in [6, 6.07) is 22.6. The van der Waals surface area contributed by atoms with Gasteiger partial charge in [0.05, 0.1) is 13.7 Å². The maximum absolute atomic E-state index is 12.3. The number of methoxy groups -OCH3 is 1. The highest BCUT2D eigenvalue weighted by Gasteiger charge is 2.29. The molecular formula is C23H20O3. The van der Waals surface area contributed by atoms with Crippen LogP contribution in [0.15, 0.2) is 66.7 Å². The van der Waals surface area contributed by atoms with Crippen LogP contribution in [0.3, 0.4) is 0 Å². The van der Waals surface area contributed by atoms with E-state index in [-0.39, 0.29) is 5.97 Å². The van der Waals surface area contributed by atoms with Crippen molar-refractivity contribution in [2.75, 3.05) is 7.11 Å². The van der Waals surface area contributed by atoms with Crippen molar-refractivity contribution in [2.45, 2.75) is 19.6 Å². The molecule has 26 heavy (non-hydrogen) atoms. The van der Waals surface area contributed by atoms with E-state index in [1.54, 1.807) is 0 Å². The van der Waals surface area contributed by atoms with Crippen LogP contribution in [0, 0.1) is 6.92 Å². The highest BCUT2D eigenvalue weighted by Crippen LogP contribution is 2.40. The minimum atomic E-state index is -0.713. The maximum Gasteiger partial charge on any atom is 0.339 e. The molecule has 0 N–H and O–H groups in total. The van der Waals surface area contributed by atoms with Crippen molar-refractivity contribution in [3.05, 3.63) is 83.4 Å². The standard InChI is InChI=1S/C23H20O3/c1-15-10-12-16(13-11-15)17-8-5-9-19-18-6-3-4-7-20(18)22(23(24)25-2)26-14-21(17)19/h3-13,22H,14H2,1-2H3. The van der Waals surface area contributed by atoms with Gasteiger partial charge in [0.15, 0.2) is 6.10 Å². The quantitative estimate of drug-likeness (QED) is 0.609. The third-order valence-electron chi connectivity index (χ3n) is 4.88. The van der Waals surface area contributed by atoms with Gasteiger partial charge in [0.2, 0.25) is 0 Å². The van der Waals surface area contributed by atoms with Crippen LogP contribution in [0.4, 0.5) is 0 Å². The Bertz CT molecular complexity index is 957. The average Bonchev–Trinajstić information content (AvgIpc) is 2.85. The Hall–Kier alpha value is -2.91. The summed E-state index contributed by atoms with van der Waals surface area (Å²) in [4.78, 5) is 12.3. The molecule has 0 aromatic heterocycles. The fourth-order valence-corrected chi connectivity index (χ4v) is 3.53. The Labute approximate surface area is 153 Å². The highest BCUT2D eigenvalue weighted by atomic mass is 16.6. The van der Waals surface area contributed by atoms with E-state index in [2.05, 4.69) is 49.4 Å². The van der Waals surface area contributed by atoms with Crippen molar-refractivity contribution in [1.82, 2.24) is 0 Å². The number of esters is 1. The van der Waals surface area contributed by atoms with E-state index in [1.807, 2.05) is 24.3 Å². The molecule has 3 nitrogen and oxygen atoms in total. The molecule has 0 saturated carbocycles. The minimum Gasteiger partial charge on any atom is -0.467 e. The lowest BCUT2D eigenvalue weighted by atomic mass is 9.90. The number of benzene rings is 3. The van der Waals surface area contributed by atoms with Crippen LogP contribution in [-0.2, 0) is 20.9 Å². The second kappa shape index (κ2) is 6.77. The first-order valence-corrected chi connectivity index (χ1v) is 8.66. The van der Waals surface area contributed by atoms with E-state index < -0.39 is 6.10 Å². The maximum atomic E-state index is 12.3. The summed E-state index contributed by atoms with van der Waals surface area (Å²) in [6.45, 7) is 2.43. The number of carbonyl (C=O) groups excluding carboxylic acids is 1. The molecule has 130 valence electrons. The van der Waals surface area contributed by atoms with Gasteiger partial charge in [0.25, 0.3) is 0 Å². The molecule has 3 aromatic carbocycles. The van der Waals surface area contributed by atoms with Crippen LogP contribution < -0.4 is 0 Å². The van der Waals surface area contributed by atoms with E-state index in [9.17, 15) is 4.79 Å². The molecule has 1 heterocycles. The Balaban J connectivity index is 1.90. The summed E-state index contributed by atoms with van der Waals surface area (Å²) in [7, 11) is 1.39. The molecule has 1 unspecified atom stereocenters. The van der Waals surface area contributed by atoms with E-state index in [1.165, 1.54) is 12.7 Å². The number of hydrogen-bond acceptors (Lipinski definition) is 3. The molecule has 1 aliphatic heterocycles. The zero-order chi connectivity index (χ0) is 18.1. The number of ether oxygens (including phenoxy) is 2. The van der Waals surface area contributed by atoms with Crippen molar-refractivity contribution in [1.29, 1.82) is 0 Å². The first kappa shape index (κ1) is 16.6. The molecule has 3 heteroatoms. The SMILES string of the molecule is COC(=O)C1OCc2c(-c3ccc(C)cc3)cccc2-c2ccccc21. The van der Waals surface area contributed by atoms with Crippen LogP contribution in [0.2, 0.25) is 0 Å². The minimum absolute atomic E-state index is 0.355.